The van der Waals surface area contributed by atoms with Gasteiger partial charge in [-0.2, -0.15) is 0 Å². The van der Waals surface area contributed by atoms with E-state index in [9.17, 15) is 9.59 Å². The van der Waals surface area contributed by atoms with E-state index >= 15 is 0 Å². The van der Waals surface area contributed by atoms with Gasteiger partial charge < -0.3 is 15.5 Å². The summed E-state index contributed by atoms with van der Waals surface area (Å²) in [5.74, 6) is 0.381. The number of rotatable bonds is 4. The Bertz CT molecular complexity index is 254. The van der Waals surface area contributed by atoms with Gasteiger partial charge in [0.25, 0.3) is 0 Å². The van der Waals surface area contributed by atoms with Crippen molar-refractivity contribution in [3.63, 3.8) is 0 Å². The van der Waals surface area contributed by atoms with E-state index in [1.807, 2.05) is 13.8 Å². The summed E-state index contributed by atoms with van der Waals surface area (Å²) in [5, 5.41) is 5.84. The van der Waals surface area contributed by atoms with E-state index in [-0.39, 0.29) is 18.4 Å². The lowest BCUT2D eigenvalue weighted by Crippen LogP contribution is -2.43. The third-order valence-corrected chi connectivity index (χ3v) is 2.45. The van der Waals surface area contributed by atoms with E-state index in [0.29, 0.717) is 25.6 Å². The lowest BCUT2D eigenvalue weighted by Gasteiger charge is -2.19. The summed E-state index contributed by atoms with van der Waals surface area (Å²) in [5.41, 5.74) is 0. The highest BCUT2D eigenvalue weighted by molar-refractivity contribution is 5.85. The summed E-state index contributed by atoms with van der Waals surface area (Å²) in [6.45, 7) is 6.79. The molecule has 92 valence electrons. The van der Waals surface area contributed by atoms with Crippen LogP contribution in [0.3, 0.4) is 0 Å². The minimum atomic E-state index is -0.0658. The lowest BCUT2D eigenvalue weighted by atomic mass is 10.2. The number of carbonyl (C=O) groups excluding carboxylic acids is 2. The Balaban J connectivity index is 2.33. The van der Waals surface area contributed by atoms with Crippen molar-refractivity contribution in [3.8, 4) is 0 Å². The molecule has 0 radical (unpaired) electrons. The molecule has 2 N–H and O–H groups in total. The first-order valence-electron chi connectivity index (χ1n) is 5.85. The smallest absolute Gasteiger partial charge is 0.239 e. The highest BCUT2D eigenvalue weighted by Gasteiger charge is 2.18. The molecule has 1 fully saturated rings. The molecule has 0 aromatic heterocycles. The Kier molecular flexibility index (Phi) is 5.25. The normalized spacial score (nSPS) is 17.4. The van der Waals surface area contributed by atoms with Crippen molar-refractivity contribution in [2.24, 2.45) is 5.92 Å². The number of hydrogen-bond donors (Lipinski definition) is 2. The monoisotopic (exact) mass is 227 g/mol. The number of nitrogens with zero attached hydrogens (tertiary/aromatic N) is 1. The fraction of sp³-hybridized carbons (Fsp3) is 0.818. The van der Waals surface area contributed by atoms with Gasteiger partial charge >= 0.3 is 0 Å². The molecule has 0 aromatic carbocycles. The predicted molar refractivity (Wildman–Crippen MR) is 61.9 cm³/mol. The molecule has 2 amide bonds. The zero-order valence-corrected chi connectivity index (χ0v) is 10.1. The van der Waals surface area contributed by atoms with Gasteiger partial charge in [-0.25, -0.2) is 0 Å². The van der Waals surface area contributed by atoms with Crippen molar-refractivity contribution >= 4 is 11.8 Å². The van der Waals surface area contributed by atoms with E-state index in [0.717, 1.165) is 13.0 Å². The summed E-state index contributed by atoms with van der Waals surface area (Å²) >= 11 is 0. The first kappa shape index (κ1) is 13.0. The average molecular weight is 227 g/mol. The third kappa shape index (κ3) is 4.61. The van der Waals surface area contributed by atoms with Gasteiger partial charge in [0.1, 0.15) is 0 Å². The molecule has 5 heteroatoms. The zero-order chi connectivity index (χ0) is 12.0. The molecule has 0 spiro atoms. The molecule has 0 unspecified atom stereocenters. The van der Waals surface area contributed by atoms with Crippen LogP contribution in [0.5, 0.6) is 0 Å². The van der Waals surface area contributed by atoms with Gasteiger partial charge in [0, 0.05) is 13.1 Å². The number of hydrogen-bond acceptors (Lipinski definition) is 3. The predicted octanol–water partition coefficient (Wildman–Crippen LogP) is -0.419. The highest BCUT2D eigenvalue weighted by Crippen LogP contribution is 1.96. The van der Waals surface area contributed by atoms with E-state index < -0.39 is 0 Å². The van der Waals surface area contributed by atoms with Crippen molar-refractivity contribution in [1.29, 1.82) is 0 Å². The maximum absolute atomic E-state index is 11.6. The molecule has 0 aliphatic carbocycles. The fourth-order valence-electron chi connectivity index (χ4n) is 1.54. The van der Waals surface area contributed by atoms with Crippen LogP contribution in [0.25, 0.3) is 0 Å². The topological polar surface area (TPSA) is 61.4 Å². The van der Waals surface area contributed by atoms with Crippen molar-refractivity contribution in [1.82, 2.24) is 15.5 Å². The maximum atomic E-state index is 11.6. The van der Waals surface area contributed by atoms with Crippen LogP contribution in [0.2, 0.25) is 0 Å². The van der Waals surface area contributed by atoms with Crippen LogP contribution < -0.4 is 10.6 Å². The molecule has 1 aliphatic heterocycles. The quantitative estimate of drug-likeness (QED) is 0.686. The molecule has 0 bridgehead atoms. The molecule has 0 aromatic rings. The van der Waals surface area contributed by atoms with Crippen molar-refractivity contribution in [2.45, 2.75) is 20.3 Å². The fourth-order valence-corrected chi connectivity index (χ4v) is 1.54. The molecule has 16 heavy (non-hydrogen) atoms. The van der Waals surface area contributed by atoms with Crippen molar-refractivity contribution in [2.75, 3.05) is 32.7 Å². The highest BCUT2D eigenvalue weighted by atomic mass is 16.2. The molecule has 1 aliphatic rings. The van der Waals surface area contributed by atoms with Crippen molar-refractivity contribution in [3.05, 3.63) is 0 Å². The van der Waals surface area contributed by atoms with E-state index in [4.69, 9.17) is 0 Å². The second-order valence-electron chi connectivity index (χ2n) is 4.54. The van der Waals surface area contributed by atoms with Crippen LogP contribution in [0.4, 0.5) is 0 Å². The molecule has 1 saturated heterocycles. The van der Waals surface area contributed by atoms with Gasteiger partial charge in [-0.3, -0.25) is 9.59 Å². The second kappa shape index (κ2) is 6.48. The van der Waals surface area contributed by atoms with Gasteiger partial charge in [0.2, 0.25) is 11.8 Å². The number of nitrogens with one attached hydrogen (secondary N) is 2. The Labute approximate surface area is 96.6 Å². The van der Waals surface area contributed by atoms with Gasteiger partial charge in [-0.1, -0.05) is 13.8 Å². The molecule has 0 saturated carbocycles. The molecular weight excluding hydrogens is 206 g/mol. The van der Waals surface area contributed by atoms with Gasteiger partial charge in [-0.15, -0.1) is 0 Å². The minimum Gasteiger partial charge on any atom is -0.354 e. The first-order chi connectivity index (χ1) is 7.59. The van der Waals surface area contributed by atoms with E-state index in [2.05, 4.69) is 10.6 Å². The third-order valence-electron chi connectivity index (χ3n) is 2.45. The number of carbonyl (C=O) groups is 2. The summed E-state index contributed by atoms with van der Waals surface area (Å²) in [4.78, 5) is 24.7. The Morgan fingerprint density at radius 1 is 1.56 bits per heavy atom. The van der Waals surface area contributed by atoms with Crippen LogP contribution >= 0.6 is 0 Å². The van der Waals surface area contributed by atoms with Crippen LogP contribution in [0.15, 0.2) is 0 Å². The molecule has 1 heterocycles. The molecule has 5 nitrogen and oxygen atoms in total. The van der Waals surface area contributed by atoms with Crippen LogP contribution in [0.1, 0.15) is 20.3 Å². The lowest BCUT2D eigenvalue weighted by molar-refractivity contribution is -0.134. The van der Waals surface area contributed by atoms with Crippen LogP contribution in [0, 0.1) is 5.92 Å². The zero-order valence-electron chi connectivity index (χ0n) is 10.1. The summed E-state index contributed by atoms with van der Waals surface area (Å²) < 4.78 is 0. The Hall–Kier alpha value is -1.10. The summed E-state index contributed by atoms with van der Waals surface area (Å²) in [6.07, 6.45) is 0.906. The van der Waals surface area contributed by atoms with E-state index in [1.54, 1.807) is 4.90 Å². The van der Waals surface area contributed by atoms with Crippen LogP contribution in [-0.2, 0) is 9.59 Å². The minimum absolute atomic E-state index is 0.0113. The Morgan fingerprint density at radius 2 is 2.31 bits per heavy atom. The second-order valence-corrected chi connectivity index (χ2v) is 4.54. The SMILES string of the molecule is CC(C)CNC(=O)CN1CCCNCC1=O. The van der Waals surface area contributed by atoms with Gasteiger partial charge in [0.15, 0.2) is 0 Å². The first-order valence-corrected chi connectivity index (χ1v) is 5.85. The van der Waals surface area contributed by atoms with E-state index in [1.165, 1.54) is 0 Å². The van der Waals surface area contributed by atoms with Gasteiger partial charge in [0.05, 0.1) is 13.1 Å². The summed E-state index contributed by atoms with van der Waals surface area (Å²) in [7, 11) is 0. The summed E-state index contributed by atoms with van der Waals surface area (Å²) in [6, 6.07) is 0. The maximum Gasteiger partial charge on any atom is 0.239 e. The standard InChI is InChI=1S/C11H21N3O2/c1-9(2)6-13-10(15)8-14-5-3-4-12-7-11(14)16/h9,12H,3-8H2,1-2H3,(H,13,15). The molecule has 1 rings (SSSR count). The average Bonchev–Trinajstić information content (AvgIpc) is 2.42. The Morgan fingerprint density at radius 3 is 3.00 bits per heavy atom. The van der Waals surface area contributed by atoms with Gasteiger partial charge in [-0.05, 0) is 18.9 Å². The molecule has 0 atom stereocenters. The largest absolute Gasteiger partial charge is 0.354 e. The number of amides is 2. The molecular formula is C11H21N3O2. The van der Waals surface area contributed by atoms with Crippen LogP contribution in [-0.4, -0.2) is 49.4 Å². The van der Waals surface area contributed by atoms with Crippen molar-refractivity contribution < 1.29 is 9.59 Å².